The van der Waals surface area contributed by atoms with E-state index in [1.165, 1.54) is 11.1 Å². The van der Waals surface area contributed by atoms with Crippen LogP contribution < -0.4 is 10.1 Å². The van der Waals surface area contributed by atoms with Crippen molar-refractivity contribution in [2.24, 2.45) is 0 Å². The van der Waals surface area contributed by atoms with Crippen LogP contribution in [0.1, 0.15) is 30.0 Å². The second kappa shape index (κ2) is 10.1. The van der Waals surface area contributed by atoms with E-state index in [0.717, 1.165) is 22.8 Å². The molecule has 0 saturated carbocycles. The van der Waals surface area contributed by atoms with Crippen LogP contribution in [0.5, 0.6) is 5.75 Å². The molecule has 0 spiro atoms. The second-order valence-corrected chi connectivity index (χ2v) is 7.16. The maximum absolute atomic E-state index is 12.3. The molecule has 3 nitrogen and oxygen atoms in total. The Morgan fingerprint density at radius 3 is 2.44 bits per heavy atom. The number of aryl methyl sites for hydroxylation is 2. The molecule has 2 aromatic rings. The van der Waals surface area contributed by atoms with Gasteiger partial charge in [-0.25, -0.2) is 0 Å². The second-order valence-electron chi connectivity index (χ2n) is 6.05. The van der Waals surface area contributed by atoms with Crippen LogP contribution in [0.4, 0.5) is 0 Å². The van der Waals surface area contributed by atoms with Crippen LogP contribution in [0, 0.1) is 13.8 Å². The molecule has 1 N–H and O–H groups in total. The van der Waals surface area contributed by atoms with Crippen LogP contribution in [0.2, 0.25) is 0 Å². The maximum Gasteiger partial charge on any atom is 0.261 e. The monoisotopic (exact) mass is 357 g/mol. The molecule has 25 heavy (non-hydrogen) atoms. The van der Waals surface area contributed by atoms with Crippen molar-refractivity contribution in [3.63, 3.8) is 0 Å². The van der Waals surface area contributed by atoms with E-state index in [2.05, 4.69) is 36.5 Å². The standard InChI is InChI=1S/C21H27NO2S/c1-4-19(24-20-12-8-6-10-17(20)3)21(23)22-13-14-25-15-18-11-7-5-9-16(18)2/h5-12,19H,4,13-15H2,1-3H3,(H,22,23)/t19-/m0/s1. The van der Waals surface area contributed by atoms with Crippen molar-refractivity contribution in [3.8, 4) is 5.75 Å². The number of rotatable bonds is 9. The van der Waals surface area contributed by atoms with Crippen LogP contribution in [0.25, 0.3) is 0 Å². The molecule has 0 aliphatic rings. The van der Waals surface area contributed by atoms with Gasteiger partial charge < -0.3 is 10.1 Å². The summed E-state index contributed by atoms with van der Waals surface area (Å²) in [4.78, 5) is 12.3. The van der Waals surface area contributed by atoms with Crippen LogP contribution in [0.15, 0.2) is 48.5 Å². The Labute approximate surface area is 155 Å². The van der Waals surface area contributed by atoms with Gasteiger partial charge in [0.15, 0.2) is 6.10 Å². The molecular weight excluding hydrogens is 330 g/mol. The quantitative estimate of drug-likeness (QED) is 0.671. The van der Waals surface area contributed by atoms with Crippen molar-refractivity contribution in [2.75, 3.05) is 12.3 Å². The summed E-state index contributed by atoms with van der Waals surface area (Å²) >= 11 is 1.83. The van der Waals surface area contributed by atoms with Crippen molar-refractivity contribution in [3.05, 3.63) is 65.2 Å². The van der Waals surface area contributed by atoms with Gasteiger partial charge >= 0.3 is 0 Å². The molecule has 0 aromatic heterocycles. The molecule has 1 amide bonds. The number of benzene rings is 2. The normalized spacial score (nSPS) is 11.8. The highest BCUT2D eigenvalue weighted by Gasteiger charge is 2.18. The van der Waals surface area contributed by atoms with E-state index in [-0.39, 0.29) is 5.91 Å². The molecule has 0 saturated heterocycles. The lowest BCUT2D eigenvalue weighted by Crippen LogP contribution is -2.39. The van der Waals surface area contributed by atoms with E-state index in [1.54, 1.807) is 0 Å². The summed E-state index contributed by atoms with van der Waals surface area (Å²) in [6.45, 7) is 6.74. The summed E-state index contributed by atoms with van der Waals surface area (Å²) < 4.78 is 5.88. The highest BCUT2D eigenvalue weighted by atomic mass is 32.2. The molecule has 0 heterocycles. The maximum atomic E-state index is 12.3. The van der Waals surface area contributed by atoms with Gasteiger partial charge in [-0.15, -0.1) is 0 Å². The molecule has 0 aliphatic heterocycles. The molecule has 4 heteroatoms. The van der Waals surface area contributed by atoms with E-state index in [4.69, 9.17) is 4.74 Å². The third-order valence-electron chi connectivity index (χ3n) is 4.09. The average Bonchev–Trinajstić information content (AvgIpc) is 2.62. The van der Waals surface area contributed by atoms with Crippen molar-refractivity contribution in [2.45, 2.75) is 39.0 Å². The number of carbonyl (C=O) groups is 1. The fourth-order valence-corrected chi connectivity index (χ4v) is 3.41. The number of amides is 1. The number of hydrogen-bond acceptors (Lipinski definition) is 3. The van der Waals surface area contributed by atoms with Crippen molar-refractivity contribution in [1.29, 1.82) is 0 Å². The number of para-hydroxylation sites is 1. The van der Waals surface area contributed by atoms with E-state index >= 15 is 0 Å². The third-order valence-corrected chi connectivity index (χ3v) is 5.10. The number of nitrogens with one attached hydrogen (secondary N) is 1. The van der Waals surface area contributed by atoms with Gasteiger partial charge in [0.05, 0.1) is 0 Å². The Morgan fingerprint density at radius 1 is 1.08 bits per heavy atom. The van der Waals surface area contributed by atoms with E-state index in [9.17, 15) is 4.79 Å². The molecule has 0 fully saturated rings. The van der Waals surface area contributed by atoms with Gasteiger partial charge in [0.1, 0.15) is 5.75 Å². The van der Waals surface area contributed by atoms with Gasteiger partial charge in [0.25, 0.3) is 5.91 Å². The summed E-state index contributed by atoms with van der Waals surface area (Å²) in [5.41, 5.74) is 3.72. The Kier molecular flexibility index (Phi) is 7.86. The molecule has 2 rings (SSSR count). The molecule has 0 aliphatic carbocycles. The summed E-state index contributed by atoms with van der Waals surface area (Å²) in [6.07, 6.45) is 0.207. The molecule has 134 valence electrons. The minimum atomic E-state index is -0.442. The van der Waals surface area contributed by atoms with Crippen LogP contribution in [-0.4, -0.2) is 24.3 Å². The first-order chi connectivity index (χ1) is 12.1. The number of thioether (sulfide) groups is 1. The topological polar surface area (TPSA) is 38.3 Å². The van der Waals surface area contributed by atoms with Gasteiger partial charge in [-0.2, -0.15) is 11.8 Å². The summed E-state index contributed by atoms with van der Waals surface area (Å²) in [5, 5.41) is 2.99. The number of hydrogen-bond donors (Lipinski definition) is 1. The molecule has 0 radical (unpaired) electrons. The summed E-state index contributed by atoms with van der Waals surface area (Å²) in [7, 11) is 0. The zero-order valence-corrected chi connectivity index (χ0v) is 16.1. The zero-order chi connectivity index (χ0) is 18.1. The number of ether oxygens (including phenoxy) is 1. The first-order valence-electron chi connectivity index (χ1n) is 8.74. The van der Waals surface area contributed by atoms with Crippen LogP contribution in [-0.2, 0) is 10.5 Å². The lowest BCUT2D eigenvalue weighted by atomic mass is 10.1. The summed E-state index contributed by atoms with van der Waals surface area (Å²) in [5.74, 6) is 2.60. The van der Waals surface area contributed by atoms with Gasteiger partial charge in [-0.3, -0.25) is 4.79 Å². The van der Waals surface area contributed by atoms with Crippen molar-refractivity contribution < 1.29 is 9.53 Å². The van der Waals surface area contributed by atoms with E-state index < -0.39 is 6.10 Å². The Hall–Kier alpha value is -1.94. The Bertz CT molecular complexity index is 687. The largest absolute Gasteiger partial charge is 0.480 e. The van der Waals surface area contributed by atoms with Crippen LogP contribution in [0.3, 0.4) is 0 Å². The fourth-order valence-electron chi connectivity index (χ4n) is 2.48. The van der Waals surface area contributed by atoms with Crippen molar-refractivity contribution >= 4 is 17.7 Å². The van der Waals surface area contributed by atoms with Gasteiger partial charge in [0.2, 0.25) is 0 Å². The lowest BCUT2D eigenvalue weighted by Gasteiger charge is -2.18. The van der Waals surface area contributed by atoms with Gasteiger partial charge in [0, 0.05) is 18.1 Å². The lowest BCUT2D eigenvalue weighted by molar-refractivity contribution is -0.128. The third kappa shape index (κ3) is 6.13. The average molecular weight is 358 g/mol. The SMILES string of the molecule is CC[C@H](Oc1ccccc1C)C(=O)NCCSCc1ccccc1C. The zero-order valence-electron chi connectivity index (χ0n) is 15.2. The highest BCUT2D eigenvalue weighted by molar-refractivity contribution is 7.98. The Morgan fingerprint density at radius 2 is 1.76 bits per heavy atom. The van der Waals surface area contributed by atoms with Gasteiger partial charge in [-0.1, -0.05) is 49.4 Å². The van der Waals surface area contributed by atoms with Gasteiger partial charge in [-0.05, 0) is 43.0 Å². The fraction of sp³-hybridized carbons (Fsp3) is 0.381. The highest BCUT2D eigenvalue weighted by Crippen LogP contribution is 2.19. The molecule has 0 unspecified atom stereocenters. The first kappa shape index (κ1) is 19.4. The molecular formula is C21H27NO2S. The summed E-state index contributed by atoms with van der Waals surface area (Å²) in [6, 6.07) is 16.2. The smallest absolute Gasteiger partial charge is 0.261 e. The van der Waals surface area contributed by atoms with Crippen molar-refractivity contribution in [1.82, 2.24) is 5.32 Å². The van der Waals surface area contributed by atoms with E-state index in [1.807, 2.05) is 49.9 Å². The minimum Gasteiger partial charge on any atom is -0.480 e. The molecule has 0 bridgehead atoms. The predicted molar refractivity (Wildman–Crippen MR) is 106 cm³/mol. The molecule has 2 aromatic carbocycles. The minimum absolute atomic E-state index is 0.0396. The first-order valence-corrected chi connectivity index (χ1v) is 9.89. The number of carbonyl (C=O) groups excluding carboxylic acids is 1. The molecule has 1 atom stereocenters. The van der Waals surface area contributed by atoms with E-state index in [0.29, 0.717) is 13.0 Å². The Balaban J connectivity index is 1.73. The predicted octanol–water partition coefficient (Wildman–Crippen LogP) is 4.51. The van der Waals surface area contributed by atoms with Crippen LogP contribution >= 0.6 is 11.8 Å².